The second-order valence-corrected chi connectivity index (χ2v) is 8.41. The van der Waals surface area contributed by atoms with Crippen molar-refractivity contribution in [1.29, 1.82) is 0 Å². The van der Waals surface area contributed by atoms with Gasteiger partial charge in [0, 0.05) is 18.2 Å². The molecule has 2 aromatic rings. The van der Waals surface area contributed by atoms with Crippen molar-refractivity contribution in [3.8, 4) is 0 Å². The number of carbonyl (C=O) groups excluding carboxylic acids is 1. The maximum Gasteiger partial charge on any atom is 0.223 e. The zero-order valence-electron chi connectivity index (χ0n) is 16.5. The third-order valence-electron chi connectivity index (χ3n) is 6.37. The molecule has 3 N–H and O–H groups in total. The topological polar surface area (TPSA) is 85.3 Å². The number of hydrogen-bond donors (Lipinski definition) is 2. The van der Waals surface area contributed by atoms with E-state index in [9.17, 15) is 4.79 Å². The minimum Gasteiger partial charge on any atom is -0.346 e. The molecule has 8 heteroatoms. The van der Waals surface area contributed by atoms with Crippen molar-refractivity contribution in [2.75, 3.05) is 0 Å². The molecule has 2 bridgehead atoms. The minimum atomic E-state index is -0.143. The van der Waals surface area contributed by atoms with E-state index in [2.05, 4.69) is 29.4 Å². The normalized spacial score (nSPS) is 27.6. The van der Waals surface area contributed by atoms with Crippen LogP contribution in [0.3, 0.4) is 0 Å². The summed E-state index contributed by atoms with van der Waals surface area (Å²) in [6.45, 7) is 4.22. The lowest BCUT2D eigenvalue weighted by atomic mass is 9.65. The van der Waals surface area contributed by atoms with E-state index in [1.165, 1.54) is 19.3 Å². The van der Waals surface area contributed by atoms with Gasteiger partial charge in [0.05, 0.1) is 6.04 Å². The summed E-state index contributed by atoms with van der Waals surface area (Å²) in [5.74, 6) is 2.27. The van der Waals surface area contributed by atoms with Gasteiger partial charge in [0.1, 0.15) is 0 Å². The molecule has 2 aliphatic rings. The zero-order valence-corrected chi connectivity index (χ0v) is 18.1. The first-order valence-corrected chi connectivity index (χ1v) is 9.90. The van der Waals surface area contributed by atoms with Gasteiger partial charge < -0.3 is 11.1 Å². The number of rotatable bonds is 4. The van der Waals surface area contributed by atoms with E-state index in [4.69, 9.17) is 5.73 Å². The summed E-state index contributed by atoms with van der Waals surface area (Å²) in [7, 11) is 0. The van der Waals surface area contributed by atoms with Crippen LogP contribution >= 0.6 is 24.8 Å². The van der Waals surface area contributed by atoms with Crippen LogP contribution in [0.2, 0.25) is 0 Å². The monoisotopic (exact) mass is 427 g/mol. The fourth-order valence-corrected chi connectivity index (χ4v) is 4.88. The number of amides is 1. The SMILES string of the molecule is CC(C)C(NC(=O)C1CC2CCCC(C1)C2N)c1nnc2ccccn12.Cl.Cl. The lowest BCUT2D eigenvalue weighted by molar-refractivity contribution is -0.129. The maximum atomic E-state index is 13.1. The van der Waals surface area contributed by atoms with E-state index >= 15 is 0 Å². The average molecular weight is 428 g/mol. The Morgan fingerprint density at radius 3 is 2.50 bits per heavy atom. The molecule has 2 fully saturated rings. The molecule has 6 nitrogen and oxygen atoms in total. The Kier molecular flexibility index (Phi) is 7.71. The number of hydrogen-bond acceptors (Lipinski definition) is 4. The molecule has 3 atom stereocenters. The van der Waals surface area contributed by atoms with Crippen LogP contribution in [0.15, 0.2) is 24.4 Å². The smallest absolute Gasteiger partial charge is 0.223 e. The van der Waals surface area contributed by atoms with Gasteiger partial charge in [-0.2, -0.15) is 0 Å². The molecule has 3 unspecified atom stereocenters. The molecule has 156 valence electrons. The van der Waals surface area contributed by atoms with Crippen LogP contribution in [0.5, 0.6) is 0 Å². The predicted molar refractivity (Wildman–Crippen MR) is 115 cm³/mol. The van der Waals surface area contributed by atoms with Crippen LogP contribution < -0.4 is 11.1 Å². The Morgan fingerprint density at radius 2 is 1.86 bits per heavy atom. The third-order valence-corrected chi connectivity index (χ3v) is 6.37. The molecular weight excluding hydrogens is 397 g/mol. The van der Waals surface area contributed by atoms with Gasteiger partial charge in [-0.3, -0.25) is 9.20 Å². The highest BCUT2D eigenvalue weighted by molar-refractivity contribution is 5.85. The second kappa shape index (κ2) is 9.42. The number of carbonyl (C=O) groups is 1. The van der Waals surface area contributed by atoms with Crippen molar-refractivity contribution in [3.05, 3.63) is 30.2 Å². The predicted octanol–water partition coefficient (Wildman–Crippen LogP) is 3.54. The Bertz CT molecular complexity index is 782. The number of fused-ring (bicyclic) bond motifs is 3. The van der Waals surface area contributed by atoms with Crippen LogP contribution in [0.1, 0.15) is 57.8 Å². The first-order chi connectivity index (χ1) is 12.5. The van der Waals surface area contributed by atoms with Crippen LogP contribution in [-0.4, -0.2) is 26.5 Å². The number of nitrogens with one attached hydrogen (secondary N) is 1. The number of nitrogens with two attached hydrogens (primary N) is 1. The molecule has 1 amide bonds. The van der Waals surface area contributed by atoms with Gasteiger partial charge in [-0.15, -0.1) is 35.0 Å². The van der Waals surface area contributed by atoms with Crippen LogP contribution in [0.25, 0.3) is 5.65 Å². The van der Waals surface area contributed by atoms with E-state index in [0.717, 1.165) is 24.3 Å². The summed E-state index contributed by atoms with van der Waals surface area (Å²) >= 11 is 0. The molecule has 0 radical (unpaired) electrons. The molecule has 4 rings (SSSR count). The maximum absolute atomic E-state index is 13.1. The highest BCUT2D eigenvalue weighted by Gasteiger charge is 2.41. The summed E-state index contributed by atoms with van der Waals surface area (Å²) in [6.07, 6.45) is 7.41. The highest BCUT2D eigenvalue weighted by atomic mass is 35.5. The lowest BCUT2D eigenvalue weighted by Crippen LogP contribution is -2.49. The minimum absolute atomic E-state index is 0. The quantitative estimate of drug-likeness (QED) is 0.780. The van der Waals surface area contributed by atoms with Gasteiger partial charge in [0.15, 0.2) is 11.5 Å². The Morgan fingerprint density at radius 1 is 1.18 bits per heavy atom. The van der Waals surface area contributed by atoms with Crippen molar-refractivity contribution in [3.63, 3.8) is 0 Å². The van der Waals surface area contributed by atoms with Gasteiger partial charge in [-0.05, 0) is 55.6 Å². The van der Waals surface area contributed by atoms with Gasteiger partial charge in [-0.1, -0.05) is 26.3 Å². The van der Waals surface area contributed by atoms with Gasteiger partial charge >= 0.3 is 0 Å². The highest BCUT2D eigenvalue weighted by Crippen LogP contribution is 2.42. The summed E-state index contributed by atoms with van der Waals surface area (Å²) in [6, 6.07) is 5.98. The number of aromatic nitrogens is 3. The molecule has 0 aliphatic heterocycles. The van der Waals surface area contributed by atoms with E-state index in [0.29, 0.717) is 11.8 Å². The fourth-order valence-electron chi connectivity index (χ4n) is 4.88. The molecule has 0 aromatic carbocycles. The summed E-state index contributed by atoms with van der Waals surface area (Å²) < 4.78 is 1.97. The largest absolute Gasteiger partial charge is 0.346 e. The standard InChI is InChI=1S/C20H29N5O.2ClH/c1-12(2)18(19-24-23-16-8-3-4-9-25(16)19)22-20(26)15-10-13-6-5-7-14(11-15)17(13)21;;/h3-4,8-9,12-15,17-18H,5-7,10-11,21H2,1-2H3,(H,22,26);2*1H. The van der Waals surface area contributed by atoms with Crippen LogP contribution in [0.4, 0.5) is 0 Å². The molecule has 2 saturated carbocycles. The molecule has 0 saturated heterocycles. The van der Waals surface area contributed by atoms with E-state index < -0.39 is 0 Å². The molecule has 2 heterocycles. The van der Waals surface area contributed by atoms with Gasteiger partial charge in [0.2, 0.25) is 5.91 Å². The van der Waals surface area contributed by atoms with E-state index in [1.54, 1.807) is 0 Å². The Hall–Kier alpha value is -1.37. The second-order valence-electron chi connectivity index (χ2n) is 8.41. The van der Waals surface area contributed by atoms with Crippen LogP contribution in [0, 0.1) is 23.7 Å². The number of halogens is 2. The van der Waals surface area contributed by atoms with Crippen molar-refractivity contribution in [2.45, 2.75) is 58.0 Å². The Labute approximate surface area is 178 Å². The van der Waals surface area contributed by atoms with Crippen molar-refractivity contribution in [1.82, 2.24) is 19.9 Å². The van der Waals surface area contributed by atoms with E-state index in [-0.39, 0.29) is 54.6 Å². The third kappa shape index (κ3) is 4.29. The molecule has 2 aliphatic carbocycles. The average Bonchev–Trinajstić information content (AvgIpc) is 3.02. The van der Waals surface area contributed by atoms with Crippen molar-refractivity contribution in [2.24, 2.45) is 29.4 Å². The molecule has 28 heavy (non-hydrogen) atoms. The first kappa shape index (κ1) is 22.9. The van der Waals surface area contributed by atoms with Gasteiger partial charge in [0.25, 0.3) is 0 Å². The number of nitrogens with zero attached hydrogens (tertiary/aromatic N) is 3. The number of pyridine rings is 1. The summed E-state index contributed by atoms with van der Waals surface area (Å²) in [5.41, 5.74) is 7.19. The Balaban J connectivity index is 0.00000140. The van der Waals surface area contributed by atoms with Gasteiger partial charge in [-0.25, -0.2) is 0 Å². The van der Waals surface area contributed by atoms with Crippen molar-refractivity contribution < 1.29 is 4.79 Å². The lowest BCUT2D eigenvalue weighted by Gasteiger charge is -2.43. The molecule has 2 aromatic heterocycles. The first-order valence-electron chi connectivity index (χ1n) is 9.90. The van der Waals surface area contributed by atoms with E-state index in [1.807, 2.05) is 28.8 Å². The molecular formula is C20H31Cl2N5O. The summed E-state index contributed by atoms with van der Waals surface area (Å²) in [5, 5.41) is 11.9. The fraction of sp³-hybridized carbons (Fsp3) is 0.650. The van der Waals surface area contributed by atoms with Crippen LogP contribution in [-0.2, 0) is 4.79 Å². The zero-order chi connectivity index (χ0) is 18.3. The molecule has 0 spiro atoms. The summed E-state index contributed by atoms with van der Waals surface area (Å²) in [4.78, 5) is 13.1. The van der Waals surface area contributed by atoms with Crippen molar-refractivity contribution >= 4 is 36.4 Å².